The first-order valence-electron chi connectivity index (χ1n) is 5.88. The van der Waals surface area contributed by atoms with Gasteiger partial charge in [-0.1, -0.05) is 6.07 Å². The van der Waals surface area contributed by atoms with Crippen molar-refractivity contribution in [2.24, 2.45) is 0 Å². The molecule has 0 aliphatic rings. The van der Waals surface area contributed by atoms with Crippen molar-refractivity contribution in [1.29, 1.82) is 0 Å². The summed E-state index contributed by atoms with van der Waals surface area (Å²) in [6.45, 7) is 0. The van der Waals surface area contributed by atoms with Gasteiger partial charge in [0.15, 0.2) is 0 Å². The van der Waals surface area contributed by atoms with Crippen LogP contribution in [-0.4, -0.2) is 18.2 Å². The van der Waals surface area contributed by atoms with Crippen molar-refractivity contribution in [3.8, 4) is 5.75 Å². The number of benzene rings is 2. The van der Waals surface area contributed by atoms with Gasteiger partial charge in [0.05, 0.1) is 12.7 Å². The van der Waals surface area contributed by atoms with Gasteiger partial charge in [-0.2, -0.15) is 0 Å². The minimum atomic E-state index is -0.680. The Morgan fingerprint density at radius 2 is 1.95 bits per heavy atom. The third-order valence-electron chi connectivity index (χ3n) is 2.68. The molecule has 3 nitrogen and oxygen atoms in total. The van der Waals surface area contributed by atoms with E-state index in [-0.39, 0.29) is 11.3 Å². The normalized spacial score (nSPS) is 10.3. The van der Waals surface area contributed by atoms with E-state index in [1.165, 1.54) is 31.0 Å². The highest BCUT2D eigenvalue weighted by atomic mass is 32.2. The minimum Gasteiger partial charge on any atom is -0.508 e. The van der Waals surface area contributed by atoms with Crippen LogP contribution in [0.2, 0.25) is 0 Å². The zero-order chi connectivity index (χ0) is 14.5. The maximum atomic E-state index is 13.7. The van der Waals surface area contributed by atoms with E-state index in [9.17, 15) is 14.3 Å². The van der Waals surface area contributed by atoms with Crippen LogP contribution in [0.15, 0.2) is 47.4 Å². The fourth-order valence-corrected chi connectivity index (χ4v) is 2.47. The van der Waals surface area contributed by atoms with Gasteiger partial charge < -0.3 is 9.84 Å². The largest absolute Gasteiger partial charge is 0.508 e. The van der Waals surface area contributed by atoms with E-state index >= 15 is 0 Å². The van der Waals surface area contributed by atoms with Crippen molar-refractivity contribution in [3.05, 3.63) is 59.4 Å². The number of hydrogen-bond acceptors (Lipinski definition) is 4. The average molecular weight is 292 g/mol. The molecule has 0 bridgehead atoms. The van der Waals surface area contributed by atoms with Crippen LogP contribution in [0.25, 0.3) is 0 Å². The van der Waals surface area contributed by atoms with Crippen molar-refractivity contribution >= 4 is 17.7 Å². The molecular formula is C15H13FO3S. The van der Waals surface area contributed by atoms with E-state index in [0.29, 0.717) is 5.75 Å². The standard InChI is InChI=1S/C15H13FO3S/c1-19-15(18)13-7-2-10(8-14(13)16)9-20-12-5-3-11(17)4-6-12/h2-8,17H,9H2,1H3. The van der Waals surface area contributed by atoms with Gasteiger partial charge in [-0.25, -0.2) is 9.18 Å². The molecule has 0 aliphatic heterocycles. The monoisotopic (exact) mass is 292 g/mol. The molecular weight excluding hydrogens is 279 g/mol. The van der Waals surface area contributed by atoms with Crippen LogP contribution >= 0.6 is 11.8 Å². The van der Waals surface area contributed by atoms with Crippen LogP contribution < -0.4 is 0 Å². The van der Waals surface area contributed by atoms with Crippen molar-refractivity contribution in [3.63, 3.8) is 0 Å². The second-order valence-electron chi connectivity index (χ2n) is 4.09. The lowest BCUT2D eigenvalue weighted by atomic mass is 10.1. The number of esters is 1. The number of phenols is 1. The molecule has 0 spiro atoms. The summed E-state index contributed by atoms with van der Waals surface area (Å²) in [7, 11) is 1.22. The Hall–Kier alpha value is -2.01. The molecule has 0 radical (unpaired) electrons. The van der Waals surface area contributed by atoms with Crippen LogP contribution in [-0.2, 0) is 10.5 Å². The SMILES string of the molecule is COC(=O)c1ccc(CSc2ccc(O)cc2)cc1F. The fraction of sp³-hybridized carbons (Fsp3) is 0.133. The zero-order valence-electron chi connectivity index (χ0n) is 10.8. The lowest BCUT2D eigenvalue weighted by Crippen LogP contribution is -2.04. The van der Waals surface area contributed by atoms with E-state index < -0.39 is 11.8 Å². The Morgan fingerprint density at radius 1 is 1.25 bits per heavy atom. The first-order chi connectivity index (χ1) is 9.60. The molecule has 5 heteroatoms. The number of ether oxygens (including phenoxy) is 1. The Morgan fingerprint density at radius 3 is 2.55 bits per heavy atom. The number of carbonyl (C=O) groups excluding carboxylic acids is 1. The molecule has 0 heterocycles. The fourth-order valence-electron chi connectivity index (χ4n) is 1.63. The van der Waals surface area contributed by atoms with E-state index in [1.807, 2.05) is 0 Å². The summed E-state index contributed by atoms with van der Waals surface area (Å²) in [5, 5.41) is 9.18. The molecule has 0 aliphatic carbocycles. The number of thioether (sulfide) groups is 1. The molecule has 0 aromatic heterocycles. The van der Waals surface area contributed by atoms with Crippen LogP contribution in [0.1, 0.15) is 15.9 Å². The zero-order valence-corrected chi connectivity index (χ0v) is 11.6. The molecule has 2 rings (SSSR count). The summed E-state index contributed by atoms with van der Waals surface area (Å²) in [6.07, 6.45) is 0. The first kappa shape index (κ1) is 14.4. The quantitative estimate of drug-likeness (QED) is 0.690. The predicted octanol–water partition coefficient (Wildman–Crippen LogP) is 3.61. The van der Waals surface area contributed by atoms with Crippen LogP contribution in [0, 0.1) is 5.82 Å². The Bertz CT molecular complexity index is 611. The molecule has 0 unspecified atom stereocenters. The smallest absolute Gasteiger partial charge is 0.340 e. The summed E-state index contributed by atoms with van der Waals surface area (Å²) < 4.78 is 18.2. The van der Waals surface area contributed by atoms with Gasteiger partial charge in [-0.3, -0.25) is 0 Å². The topological polar surface area (TPSA) is 46.5 Å². The molecule has 20 heavy (non-hydrogen) atoms. The Balaban J connectivity index is 2.05. The van der Waals surface area contributed by atoms with Gasteiger partial charge in [-0.15, -0.1) is 11.8 Å². The van der Waals surface area contributed by atoms with Crippen molar-refractivity contribution in [1.82, 2.24) is 0 Å². The molecule has 0 atom stereocenters. The summed E-state index contributed by atoms with van der Waals surface area (Å²) in [5.74, 6) is -0.480. The van der Waals surface area contributed by atoms with Gasteiger partial charge in [0.2, 0.25) is 0 Å². The third kappa shape index (κ3) is 3.51. The number of aromatic hydroxyl groups is 1. The predicted molar refractivity (Wildman–Crippen MR) is 75.4 cm³/mol. The molecule has 0 saturated heterocycles. The molecule has 104 valence electrons. The van der Waals surface area contributed by atoms with Gasteiger partial charge in [0.25, 0.3) is 0 Å². The molecule has 2 aromatic rings. The molecule has 1 N–H and O–H groups in total. The summed E-state index contributed by atoms with van der Waals surface area (Å²) >= 11 is 1.52. The molecule has 2 aromatic carbocycles. The highest BCUT2D eigenvalue weighted by molar-refractivity contribution is 7.98. The number of methoxy groups -OCH3 is 1. The maximum absolute atomic E-state index is 13.7. The van der Waals surface area contributed by atoms with Crippen LogP contribution in [0.5, 0.6) is 5.75 Å². The van der Waals surface area contributed by atoms with Gasteiger partial charge >= 0.3 is 5.97 Å². The highest BCUT2D eigenvalue weighted by Crippen LogP contribution is 2.25. The minimum absolute atomic E-state index is 0.0640. The lowest BCUT2D eigenvalue weighted by molar-refractivity contribution is 0.0595. The van der Waals surface area contributed by atoms with E-state index in [1.54, 1.807) is 30.3 Å². The van der Waals surface area contributed by atoms with Crippen molar-refractivity contribution in [2.75, 3.05) is 7.11 Å². The molecule has 0 fully saturated rings. The Kier molecular flexibility index (Phi) is 4.63. The van der Waals surface area contributed by atoms with E-state index in [2.05, 4.69) is 4.74 Å². The van der Waals surface area contributed by atoms with E-state index in [4.69, 9.17) is 0 Å². The van der Waals surface area contributed by atoms with Gasteiger partial charge in [0, 0.05) is 10.6 Å². The molecule has 0 amide bonds. The molecule has 0 saturated carbocycles. The summed E-state index contributed by atoms with van der Waals surface area (Å²) in [4.78, 5) is 12.2. The number of rotatable bonds is 4. The second-order valence-corrected chi connectivity index (χ2v) is 5.14. The van der Waals surface area contributed by atoms with Crippen molar-refractivity contribution in [2.45, 2.75) is 10.6 Å². The summed E-state index contributed by atoms with van der Waals surface area (Å²) in [5.41, 5.74) is 0.708. The summed E-state index contributed by atoms with van der Waals surface area (Å²) in [6, 6.07) is 11.2. The lowest BCUT2D eigenvalue weighted by Gasteiger charge is -2.05. The first-order valence-corrected chi connectivity index (χ1v) is 6.87. The van der Waals surface area contributed by atoms with E-state index in [0.717, 1.165) is 10.5 Å². The maximum Gasteiger partial charge on any atom is 0.340 e. The number of hydrogen-bond donors (Lipinski definition) is 1. The number of carbonyl (C=O) groups is 1. The van der Waals surface area contributed by atoms with Crippen molar-refractivity contribution < 1.29 is 19.0 Å². The highest BCUT2D eigenvalue weighted by Gasteiger charge is 2.12. The average Bonchev–Trinajstić information content (AvgIpc) is 2.46. The van der Waals surface area contributed by atoms with Crippen LogP contribution in [0.4, 0.5) is 4.39 Å². The number of phenolic OH excluding ortho intramolecular Hbond substituents is 1. The Labute approximate surface area is 120 Å². The van der Waals surface area contributed by atoms with Crippen LogP contribution in [0.3, 0.4) is 0 Å². The number of halogens is 1. The third-order valence-corrected chi connectivity index (χ3v) is 3.76. The van der Waals surface area contributed by atoms with Gasteiger partial charge in [0.1, 0.15) is 11.6 Å². The second kappa shape index (κ2) is 6.43. The van der Waals surface area contributed by atoms with Gasteiger partial charge in [-0.05, 0) is 42.0 Å².